The highest BCUT2D eigenvalue weighted by molar-refractivity contribution is 5.99. The van der Waals surface area contributed by atoms with Crippen LogP contribution in [0.1, 0.15) is 31.9 Å². The van der Waals surface area contributed by atoms with E-state index in [1.54, 1.807) is 12.1 Å². The Balaban J connectivity index is 1.49. The van der Waals surface area contributed by atoms with Crippen molar-refractivity contribution in [2.45, 2.75) is 33.1 Å². The number of phenols is 1. The first-order valence-electron chi connectivity index (χ1n) is 14.5. The fourth-order valence-corrected chi connectivity index (χ4v) is 5.76. The fraction of sp³-hybridized carbons (Fsp3) is 0.128. The van der Waals surface area contributed by atoms with Crippen LogP contribution in [0.3, 0.4) is 0 Å². The minimum Gasteiger partial charge on any atom is -0.507 e. The molecule has 0 atom stereocenters. The van der Waals surface area contributed by atoms with Crippen molar-refractivity contribution in [3.63, 3.8) is 0 Å². The number of aromatic hydroxyl groups is 1. The van der Waals surface area contributed by atoms with Crippen LogP contribution in [0.5, 0.6) is 5.75 Å². The molecule has 0 saturated carbocycles. The van der Waals surface area contributed by atoms with Gasteiger partial charge in [0.25, 0.3) is 0 Å². The summed E-state index contributed by atoms with van der Waals surface area (Å²) in [6, 6.07) is 37.0. The van der Waals surface area contributed by atoms with Crippen molar-refractivity contribution in [1.29, 1.82) is 0 Å². The van der Waals surface area contributed by atoms with E-state index < -0.39 is 0 Å². The van der Waals surface area contributed by atoms with Gasteiger partial charge in [0.1, 0.15) is 11.3 Å². The molecule has 2 heterocycles. The van der Waals surface area contributed by atoms with Gasteiger partial charge in [-0.15, -0.1) is 0 Å². The molecule has 7 aromatic rings. The molecular formula is C39H32N2O2. The lowest BCUT2D eigenvalue weighted by Crippen LogP contribution is -2.11. The summed E-state index contributed by atoms with van der Waals surface area (Å²) in [5.74, 6) is 0.523. The Bertz CT molecular complexity index is 2140. The van der Waals surface area contributed by atoms with Gasteiger partial charge < -0.3 is 9.52 Å². The molecule has 0 fully saturated rings. The number of hydrogen-bond acceptors (Lipinski definition) is 4. The van der Waals surface area contributed by atoms with E-state index in [1.807, 2.05) is 48.7 Å². The number of pyridine rings is 1. The Morgan fingerprint density at radius 2 is 1.35 bits per heavy atom. The molecule has 43 heavy (non-hydrogen) atoms. The van der Waals surface area contributed by atoms with Crippen LogP contribution in [0.25, 0.3) is 66.8 Å². The summed E-state index contributed by atoms with van der Waals surface area (Å²) in [5.41, 5.74) is 11.7. The van der Waals surface area contributed by atoms with Crippen LogP contribution < -0.4 is 0 Å². The molecular weight excluding hydrogens is 528 g/mol. The van der Waals surface area contributed by atoms with Gasteiger partial charge in [-0.05, 0) is 94.3 Å². The van der Waals surface area contributed by atoms with Crippen molar-refractivity contribution in [2.75, 3.05) is 0 Å². The maximum atomic E-state index is 10.6. The van der Waals surface area contributed by atoms with E-state index >= 15 is 0 Å². The van der Waals surface area contributed by atoms with Crippen LogP contribution in [-0.4, -0.2) is 15.1 Å². The molecule has 0 amide bonds. The van der Waals surface area contributed by atoms with Crippen molar-refractivity contribution in [2.24, 2.45) is 0 Å². The van der Waals surface area contributed by atoms with Gasteiger partial charge in [0.05, 0.1) is 11.1 Å². The average Bonchev–Trinajstić information content (AvgIpc) is 3.44. The molecule has 0 saturated heterocycles. The standard InChI is InChI=1S/C39H32N2O2/c1-24-17-28(19-29(18-24)33-23-30(39(2,3)4)20-26-13-10-16-40-36(26)33)32-21-27(25-11-6-5-7-12-25)22-35-37(32)41-38(43-35)31-14-8-9-15-34(31)42/h5-23,42H,1-4H3. The zero-order valence-corrected chi connectivity index (χ0v) is 24.7. The largest absolute Gasteiger partial charge is 0.507 e. The minimum absolute atomic E-state index is 0.0122. The minimum atomic E-state index is -0.0122. The molecule has 0 aliphatic rings. The van der Waals surface area contributed by atoms with Gasteiger partial charge in [0.2, 0.25) is 5.89 Å². The van der Waals surface area contributed by atoms with Crippen molar-refractivity contribution in [1.82, 2.24) is 9.97 Å². The maximum absolute atomic E-state index is 10.6. The smallest absolute Gasteiger partial charge is 0.231 e. The van der Waals surface area contributed by atoms with Crippen LogP contribution >= 0.6 is 0 Å². The second-order valence-electron chi connectivity index (χ2n) is 12.2. The summed E-state index contributed by atoms with van der Waals surface area (Å²) in [4.78, 5) is 9.75. The lowest BCUT2D eigenvalue weighted by molar-refractivity contribution is 0.474. The topological polar surface area (TPSA) is 59.2 Å². The highest BCUT2D eigenvalue weighted by Gasteiger charge is 2.20. The molecule has 1 N–H and O–H groups in total. The number of hydrogen-bond donors (Lipinski definition) is 1. The predicted octanol–water partition coefficient (Wildman–Crippen LogP) is 10.4. The molecule has 0 spiro atoms. The second kappa shape index (κ2) is 10.2. The number of oxazole rings is 1. The Labute approximate surface area is 251 Å². The third-order valence-electron chi connectivity index (χ3n) is 8.01. The average molecular weight is 561 g/mol. The first kappa shape index (κ1) is 26.7. The molecule has 0 unspecified atom stereocenters. The van der Waals surface area contributed by atoms with E-state index in [0.29, 0.717) is 17.0 Å². The van der Waals surface area contributed by atoms with E-state index in [-0.39, 0.29) is 11.2 Å². The Morgan fingerprint density at radius 1 is 0.628 bits per heavy atom. The number of para-hydroxylation sites is 1. The van der Waals surface area contributed by atoms with Gasteiger partial charge in [-0.2, -0.15) is 0 Å². The van der Waals surface area contributed by atoms with Gasteiger partial charge in [-0.3, -0.25) is 4.98 Å². The lowest BCUT2D eigenvalue weighted by atomic mass is 9.83. The zero-order chi connectivity index (χ0) is 29.7. The van der Waals surface area contributed by atoms with Gasteiger partial charge in [0, 0.05) is 22.7 Å². The SMILES string of the molecule is Cc1cc(-c2cc(C(C)(C)C)cc3cccnc23)cc(-c2cc(-c3ccccc3)cc3oc(-c4ccccc4O)nc23)c1. The Morgan fingerprint density at radius 3 is 2.09 bits per heavy atom. The van der Waals surface area contributed by atoms with Crippen molar-refractivity contribution >= 4 is 22.0 Å². The van der Waals surface area contributed by atoms with E-state index in [1.165, 1.54) is 5.56 Å². The highest BCUT2D eigenvalue weighted by atomic mass is 16.3. The number of aryl methyl sites for hydroxylation is 1. The van der Waals surface area contributed by atoms with Gasteiger partial charge in [0.15, 0.2) is 5.58 Å². The number of nitrogens with zero attached hydrogens (tertiary/aromatic N) is 2. The number of phenolic OH excluding ortho intramolecular Hbond substituents is 1. The normalized spacial score (nSPS) is 11.8. The van der Waals surface area contributed by atoms with Gasteiger partial charge in [-0.25, -0.2) is 4.98 Å². The molecule has 0 radical (unpaired) electrons. The van der Waals surface area contributed by atoms with Crippen molar-refractivity contribution in [3.8, 4) is 50.6 Å². The van der Waals surface area contributed by atoms with E-state index in [0.717, 1.165) is 55.4 Å². The molecule has 0 bridgehead atoms. The molecule has 0 aliphatic heterocycles. The van der Waals surface area contributed by atoms with Crippen molar-refractivity contribution < 1.29 is 9.52 Å². The summed E-state index contributed by atoms with van der Waals surface area (Å²) >= 11 is 0. The van der Waals surface area contributed by atoms with E-state index in [4.69, 9.17) is 14.4 Å². The molecule has 2 aromatic heterocycles. The van der Waals surface area contributed by atoms with Crippen LogP contribution in [0.15, 0.2) is 120 Å². The summed E-state index contributed by atoms with van der Waals surface area (Å²) in [6.45, 7) is 8.86. The Hall–Kier alpha value is -5.22. The first-order chi connectivity index (χ1) is 20.7. The molecule has 7 rings (SSSR count). The molecule has 210 valence electrons. The lowest BCUT2D eigenvalue weighted by Gasteiger charge is -2.21. The summed E-state index contributed by atoms with van der Waals surface area (Å²) in [5, 5.41) is 11.7. The monoisotopic (exact) mass is 560 g/mol. The maximum Gasteiger partial charge on any atom is 0.231 e. The molecule has 4 heteroatoms. The van der Waals surface area contributed by atoms with Crippen LogP contribution in [-0.2, 0) is 5.41 Å². The Kier molecular flexibility index (Phi) is 6.36. The quantitative estimate of drug-likeness (QED) is 0.233. The number of fused-ring (bicyclic) bond motifs is 2. The predicted molar refractivity (Wildman–Crippen MR) is 176 cm³/mol. The first-order valence-corrected chi connectivity index (χ1v) is 14.5. The second-order valence-corrected chi connectivity index (χ2v) is 12.2. The molecule has 4 nitrogen and oxygen atoms in total. The number of rotatable bonds is 4. The van der Waals surface area contributed by atoms with Gasteiger partial charge in [-0.1, -0.05) is 81.4 Å². The third-order valence-corrected chi connectivity index (χ3v) is 8.01. The summed E-state index contributed by atoms with van der Waals surface area (Å²) < 4.78 is 6.33. The van der Waals surface area contributed by atoms with Crippen LogP contribution in [0, 0.1) is 6.92 Å². The number of benzene rings is 5. The summed E-state index contributed by atoms with van der Waals surface area (Å²) in [7, 11) is 0. The van der Waals surface area contributed by atoms with E-state index in [9.17, 15) is 5.11 Å². The third kappa shape index (κ3) is 4.95. The summed E-state index contributed by atoms with van der Waals surface area (Å²) in [6.07, 6.45) is 1.86. The highest BCUT2D eigenvalue weighted by Crippen LogP contribution is 2.41. The molecule has 5 aromatic carbocycles. The molecule has 0 aliphatic carbocycles. The zero-order valence-electron chi connectivity index (χ0n) is 24.7. The number of aromatic nitrogens is 2. The van der Waals surface area contributed by atoms with Crippen molar-refractivity contribution in [3.05, 3.63) is 127 Å². The van der Waals surface area contributed by atoms with Crippen LogP contribution in [0.4, 0.5) is 0 Å². The van der Waals surface area contributed by atoms with Crippen LogP contribution in [0.2, 0.25) is 0 Å². The van der Waals surface area contributed by atoms with E-state index in [2.05, 4.69) is 82.3 Å². The fourth-order valence-electron chi connectivity index (χ4n) is 5.76. The van der Waals surface area contributed by atoms with Gasteiger partial charge >= 0.3 is 0 Å².